The number of aromatic nitrogens is 1. The van der Waals surface area contributed by atoms with Crippen molar-refractivity contribution < 1.29 is 14.3 Å². The summed E-state index contributed by atoms with van der Waals surface area (Å²) in [7, 11) is 0. The highest BCUT2D eigenvalue weighted by molar-refractivity contribution is 6.29. The van der Waals surface area contributed by atoms with Crippen molar-refractivity contribution in [2.75, 3.05) is 6.61 Å². The Morgan fingerprint density at radius 2 is 2.11 bits per heavy atom. The Morgan fingerprint density at radius 3 is 2.81 bits per heavy atom. The first-order chi connectivity index (χ1) is 13.0. The predicted molar refractivity (Wildman–Crippen MR) is 102 cm³/mol. The van der Waals surface area contributed by atoms with Crippen molar-refractivity contribution in [3.63, 3.8) is 0 Å². The summed E-state index contributed by atoms with van der Waals surface area (Å²) in [6.45, 7) is 4.01. The van der Waals surface area contributed by atoms with E-state index in [1.54, 1.807) is 23.2 Å². The molecule has 1 aromatic carbocycles. The second-order valence-electron chi connectivity index (χ2n) is 6.61. The maximum absolute atomic E-state index is 13.0. The fourth-order valence-corrected chi connectivity index (χ4v) is 3.36. The number of hydrogen-bond acceptors (Lipinski definition) is 4. The number of hydrogen-bond donors (Lipinski definition) is 1. The van der Waals surface area contributed by atoms with E-state index in [1.807, 2.05) is 44.2 Å². The summed E-state index contributed by atoms with van der Waals surface area (Å²) in [6.07, 6.45) is 1.19. The van der Waals surface area contributed by atoms with Gasteiger partial charge in [0.2, 0.25) is 11.8 Å². The number of nitrogens with zero attached hydrogens (tertiary/aromatic N) is 2. The Balaban J connectivity index is 1.77. The van der Waals surface area contributed by atoms with Gasteiger partial charge in [0.25, 0.3) is 0 Å². The molecule has 0 bridgehead atoms. The lowest BCUT2D eigenvalue weighted by Crippen LogP contribution is -2.59. The molecule has 0 spiro atoms. The fourth-order valence-electron chi connectivity index (χ4n) is 3.18. The van der Waals surface area contributed by atoms with Crippen molar-refractivity contribution in [3.8, 4) is 0 Å². The van der Waals surface area contributed by atoms with Crippen LogP contribution in [0.4, 0.5) is 0 Å². The molecular weight excluding hydrogens is 366 g/mol. The molecule has 1 unspecified atom stereocenters. The number of pyridine rings is 1. The molecule has 1 saturated heterocycles. The zero-order valence-electron chi connectivity index (χ0n) is 15.3. The maximum Gasteiger partial charge on any atom is 0.249 e. The quantitative estimate of drug-likeness (QED) is 0.801. The van der Waals surface area contributed by atoms with Crippen molar-refractivity contribution in [1.29, 1.82) is 0 Å². The van der Waals surface area contributed by atoms with Gasteiger partial charge in [-0.1, -0.05) is 41.9 Å². The van der Waals surface area contributed by atoms with Gasteiger partial charge in [-0.25, -0.2) is 4.98 Å². The van der Waals surface area contributed by atoms with Gasteiger partial charge < -0.3 is 15.0 Å². The summed E-state index contributed by atoms with van der Waals surface area (Å²) in [4.78, 5) is 31.0. The van der Waals surface area contributed by atoms with E-state index in [1.165, 1.54) is 0 Å². The van der Waals surface area contributed by atoms with Gasteiger partial charge in [0.05, 0.1) is 12.1 Å². The number of carbonyl (C=O) groups is 2. The van der Waals surface area contributed by atoms with Gasteiger partial charge in [0.15, 0.2) is 0 Å². The van der Waals surface area contributed by atoms with E-state index >= 15 is 0 Å². The Bertz CT molecular complexity index is 815. The number of nitrogens with one attached hydrogen (secondary N) is 1. The molecule has 3 rings (SSSR count). The molecule has 1 aliphatic heterocycles. The SMILES string of the molecule is CC(NC(=O)[C@@H]1[C@@H](C)OCC(=O)N1Cc1ccccc1)c1ccnc(Cl)c1. The lowest BCUT2D eigenvalue weighted by atomic mass is 10.0. The van der Waals surface area contributed by atoms with Crippen molar-refractivity contribution in [3.05, 3.63) is 64.9 Å². The summed E-state index contributed by atoms with van der Waals surface area (Å²) in [5, 5.41) is 3.33. The summed E-state index contributed by atoms with van der Waals surface area (Å²) in [5.74, 6) is -0.455. The van der Waals surface area contributed by atoms with E-state index in [9.17, 15) is 9.59 Å². The molecule has 1 aliphatic rings. The highest BCUT2D eigenvalue weighted by Gasteiger charge is 2.39. The second-order valence-corrected chi connectivity index (χ2v) is 7.00. The first kappa shape index (κ1) is 19.3. The number of rotatable bonds is 5. The molecule has 0 aliphatic carbocycles. The van der Waals surface area contributed by atoms with Crippen LogP contribution >= 0.6 is 11.6 Å². The third-order valence-corrected chi connectivity index (χ3v) is 4.85. The maximum atomic E-state index is 13.0. The van der Waals surface area contributed by atoms with Crippen LogP contribution in [0, 0.1) is 0 Å². The van der Waals surface area contributed by atoms with Gasteiger partial charge in [-0.3, -0.25) is 9.59 Å². The zero-order chi connectivity index (χ0) is 19.4. The van der Waals surface area contributed by atoms with Gasteiger partial charge in [0.1, 0.15) is 17.8 Å². The molecule has 7 heteroatoms. The van der Waals surface area contributed by atoms with Crippen LogP contribution in [0.25, 0.3) is 0 Å². The van der Waals surface area contributed by atoms with Crippen LogP contribution in [0.15, 0.2) is 48.7 Å². The number of carbonyl (C=O) groups excluding carboxylic acids is 2. The highest BCUT2D eigenvalue weighted by atomic mass is 35.5. The molecule has 3 atom stereocenters. The lowest BCUT2D eigenvalue weighted by Gasteiger charge is -2.39. The Kier molecular flexibility index (Phi) is 6.08. The highest BCUT2D eigenvalue weighted by Crippen LogP contribution is 2.21. The zero-order valence-corrected chi connectivity index (χ0v) is 16.0. The van der Waals surface area contributed by atoms with E-state index in [0.717, 1.165) is 11.1 Å². The standard InChI is InChI=1S/C20H22ClN3O3/c1-13(16-8-9-22-17(21)10-16)23-20(26)19-14(2)27-12-18(25)24(19)11-15-6-4-3-5-7-15/h3-10,13-14,19H,11-12H2,1-2H3,(H,23,26)/t13?,14-,19+/m1/s1. The van der Waals surface area contributed by atoms with Crippen LogP contribution in [-0.2, 0) is 20.9 Å². The summed E-state index contributed by atoms with van der Waals surface area (Å²) in [5.41, 5.74) is 1.81. The molecule has 0 radical (unpaired) electrons. The van der Waals surface area contributed by atoms with Crippen LogP contribution in [0.5, 0.6) is 0 Å². The summed E-state index contributed by atoms with van der Waals surface area (Å²) >= 11 is 5.93. The van der Waals surface area contributed by atoms with E-state index in [0.29, 0.717) is 11.7 Å². The third kappa shape index (κ3) is 4.64. The molecule has 0 saturated carbocycles. The average molecular weight is 388 g/mol. The van der Waals surface area contributed by atoms with Crippen LogP contribution < -0.4 is 5.32 Å². The third-order valence-electron chi connectivity index (χ3n) is 4.64. The second kappa shape index (κ2) is 8.50. The van der Waals surface area contributed by atoms with Gasteiger partial charge >= 0.3 is 0 Å². The number of benzene rings is 1. The van der Waals surface area contributed by atoms with E-state index in [2.05, 4.69) is 10.3 Å². The summed E-state index contributed by atoms with van der Waals surface area (Å²) in [6, 6.07) is 12.1. The van der Waals surface area contributed by atoms with Crippen molar-refractivity contribution in [2.45, 2.75) is 38.6 Å². The number of halogens is 1. The monoisotopic (exact) mass is 387 g/mol. The van der Waals surface area contributed by atoms with Crippen LogP contribution in [0.3, 0.4) is 0 Å². The minimum atomic E-state index is -0.703. The Labute approximate surface area is 163 Å². The summed E-state index contributed by atoms with van der Waals surface area (Å²) < 4.78 is 5.52. The first-order valence-corrected chi connectivity index (χ1v) is 9.20. The predicted octanol–water partition coefficient (Wildman–Crippen LogP) is 2.73. The van der Waals surface area contributed by atoms with E-state index < -0.39 is 12.1 Å². The minimum Gasteiger partial charge on any atom is -0.366 e. The first-order valence-electron chi connectivity index (χ1n) is 8.82. The van der Waals surface area contributed by atoms with Crippen molar-refractivity contribution in [2.24, 2.45) is 0 Å². The molecule has 1 N–H and O–H groups in total. The van der Waals surface area contributed by atoms with Gasteiger partial charge in [-0.05, 0) is 37.1 Å². The van der Waals surface area contributed by atoms with Crippen molar-refractivity contribution in [1.82, 2.24) is 15.2 Å². The van der Waals surface area contributed by atoms with Crippen LogP contribution in [-0.4, -0.2) is 40.5 Å². The van der Waals surface area contributed by atoms with Crippen LogP contribution in [0.1, 0.15) is 31.0 Å². The normalized spacial score (nSPS) is 21.0. The molecule has 2 heterocycles. The van der Waals surface area contributed by atoms with Crippen LogP contribution in [0.2, 0.25) is 5.15 Å². The average Bonchev–Trinajstić information content (AvgIpc) is 2.65. The number of amides is 2. The lowest BCUT2D eigenvalue weighted by molar-refractivity contribution is -0.163. The number of morpholine rings is 1. The minimum absolute atomic E-state index is 0.0205. The molecule has 27 heavy (non-hydrogen) atoms. The van der Waals surface area contributed by atoms with E-state index in [4.69, 9.17) is 16.3 Å². The molecule has 6 nitrogen and oxygen atoms in total. The van der Waals surface area contributed by atoms with Crippen molar-refractivity contribution >= 4 is 23.4 Å². The largest absolute Gasteiger partial charge is 0.366 e. The Morgan fingerprint density at radius 1 is 1.37 bits per heavy atom. The molecule has 142 valence electrons. The topological polar surface area (TPSA) is 71.5 Å². The van der Waals surface area contributed by atoms with Gasteiger partial charge in [-0.15, -0.1) is 0 Å². The molecule has 2 amide bonds. The fraction of sp³-hybridized carbons (Fsp3) is 0.350. The van der Waals surface area contributed by atoms with Gasteiger partial charge in [-0.2, -0.15) is 0 Å². The molecule has 2 aromatic rings. The molecular formula is C20H22ClN3O3. The smallest absolute Gasteiger partial charge is 0.249 e. The van der Waals surface area contributed by atoms with Gasteiger partial charge in [0, 0.05) is 12.7 Å². The van der Waals surface area contributed by atoms with E-state index in [-0.39, 0.29) is 24.5 Å². The molecule has 1 aromatic heterocycles. The Hall–Kier alpha value is -2.44. The number of ether oxygens (including phenoxy) is 1. The molecule has 1 fully saturated rings.